The Morgan fingerprint density at radius 3 is 2.74 bits per heavy atom. The molecule has 1 aliphatic carbocycles. The number of hydrogen-bond donors (Lipinski definition) is 2. The van der Waals surface area contributed by atoms with Crippen LogP contribution in [0.25, 0.3) is 0 Å². The van der Waals surface area contributed by atoms with Gasteiger partial charge in [-0.1, -0.05) is 18.5 Å². The normalized spacial score (nSPS) is 14.4. The van der Waals surface area contributed by atoms with Gasteiger partial charge in [-0.3, -0.25) is 0 Å². The molecule has 5 heteroatoms. The molecule has 0 aliphatic heterocycles. The average Bonchev–Trinajstić information content (AvgIpc) is 3.11. The molecule has 4 nitrogen and oxygen atoms in total. The number of halogens is 1. The third kappa shape index (κ3) is 3.32. The smallest absolute Gasteiger partial charge is 0.337 e. The molecule has 104 valence electrons. The van der Waals surface area contributed by atoms with Crippen molar-refractivity contribution in [1.82, 2.24) is 0 Å². The van der Waals surface area contributed by atoms with Gasteiger partial charge in [-0.15, -0.1) is 0 Å². The Morgan fingerprint density at radius 1 is 1.53 bits per heavy atom. The van der Waals surface area contributed by atoms with Gasteiger partial charge in [-0.2, -0.15) is 0 Å². The molecule has 0 amide bonds. The van der Waals surface area contributed by atoms with E-state index in [2.05, 4.69) is 11.8 Å². The summed E-state index contributed by atoms with van der Waals surface area (Å²) >= 11 is 6.23. The van der Waals surface area contributed by atoms with Gasteiger partial charge in [0.1, 0.15) is 0 Å². The minimum absolute atomic E-state index is 0.194. The number of carboxylic acids is 1. The summed E-state index contributed by atoms with van der Waals surface area (Å²) in [5, 5.41) is 9.76. The van der Waals surface area contributed by atoms with E-state index in [0.29, 0.717) is 22.3 Å². The quantitative estimate of drug-likeness (QED) is 0.786. The van der Waals surface area contributed by atoms with E-state index in [4.69, 9.17) is 17.3 Å². The predicted octanol–water partition coefficient (Wildman–Crippen LogP) is 3.25. The maximum absolute atomic E-state index is 11.4. The van der Waals surface area contributed by atoms with Crippen molar-refractivity contribution in [3.05, 3.63) is 22.7 Å². The minimum atomic E-state index is -0.985. The summed E-state index contributed by atoms with van der Waals surface area (Å²) < 4.78 is 0. The number of rotatable bonds is 6. The Kier molecular flexibility index (Phi) is 4.20. The molecule has 0 unspecified atom stereocenters. The zero-order chi connectivity index (χ0) is 14.0. The van der Waals surface area contributed by atoms with E-state index in [0.717, 1.165) is 19.5 Å². The van der Waals surface area contributed by atoms with E-state index < -0.39 is 5.97 Å². The highest BCUT2D eigenvalue weighted by Gasteiger charge is 2.27. The molecule has 0 saturated heterocycles. The molecule has 1 aromatic carbocycles. The topological polar surface area (TPSA) is 66.6 Å². The number of aromatic carboxylic acids is 1. The highest BCUT2D eigenvalue weighted by Crippen LogP contribution is 2.37. The summed E-state index contributed by atoms with van der Waals surface area (Å²) in [6, 6.07) is 3.11. The van der Waals surface area contributed by atoms with Crippen LogP contribution in [-0.4, -0.2) is 24.2 Å². The lowest BCUT2D eigenvalue weighted by Gasteiger charge is -2.27. The van der Waals surface area contributed by atoms with E-state index in [9.17, 15) is 9.90 Å². The molecule has 0 atom stereocenters. The maximum atomic E-state index is 11.4. The van der Waals surface area contributed by atoms with Gasteiger partial charge in [-0.25, -0.2) is 4.79 Å². The van der Waals surface area contributed by atoms with Crippen LogP contribution in [0.4, 0.5) is 11.4 Å². The fourth-order valence-electron chi connectivity index (χ4n) is 2.28. The van der Waals surface area contributed by atoms with Gasteiger partial charge in [0.25, 0.3) is 0 Å². The number of hydrogen-bond acceptors (Lipinski definition) is 3. The molecule has 1 fully saturated rings. The number of carboxylic acid groups (broad SMARTS) is 1. The van der Waals surface area contributed by atoms with Crippen LogP contribution in [0.2, 0.25) is 5.02 Å². The van der Waals surface area contributed by atoms with E-state index in [1.54, 1.807) is 6.07 Å². The molecular formula is C14H19ClN2O2. The number of benzene rings is 1. The standard InChI is InChI=1S/C14H19ClN2O2/c1-2-5-17(8-9-3-4-9)13-11(14(18)19)6-10(16)7-12(13)15/h6-7,9H,2-5,8,16H2,1H3,(H,18,19). The third-order valence-corrected chi connectivity index (χ3v) is 3.59. The van der Waals surface area contributed by atoms with Crippen LogP contribution in [0, 0.1) is 5.92 Å². The lowest BCUT2D eigenvalue weighted by molar-refractivity contribution is 0.0697. The Morgan fingerprint density at radius 2 is 2.21 bits per heavy atom. The Labute approximate surface area is 118 Å². The average molecular weight is 283 g/mol. The van der Waals surface area contributed by atoms with Gasteiger partial charge in [0, 0.05) is 18.8 Å². The summed E-state index contributed by atoms with van der Waals surface area (Å²) in [7, 11) is 0. The Balaban J connectivity index is 2.40. The number of nitrogen functional groups attached to an aromatic ring is 1. The summed E-state index contributed by atoms with van der Waals surface area (Å²) in [6.07, 6.45) is 3.39. The summed E-state index contributed by atoms with van der Waals surface area (Å²) in [5.41, 5.74) is 6.87. The van der Waals surface area contributed by atoms with Crippen LogP contribution >= 0.6 is 11.6 Å². The molecule has 1 saturated carbocycles. The summed E-state index contributed by atoms with van der Waals surface area (Å²) in [6.45, 7) is 3.75. The molecule has 1 aliphatic rings. The van der Waals surface area contributed by atoms with Crippen molar-refractivity contribution >= 4 is 28.9 Å². The monoisotopic (exact) mass is 282 g/mol. The van der Waals surface area contributed by atoms with Crippen LogP contribution in [0.5, 0.6) is 0 Å². The van der Waals surface area contributed by atoms with Crippen molar-refractivity contribution in [3.63, 3.8) is 0 Å². The van der Waals surface area contributed by atoms with Crippen LogP contribution in [-0.2, 0) is 0 Å². The highest BCUT2D eigenvalue weighted by atomic mass is 35.5. The summed E-state index contributed by atoms with van der Waals surface area (Å²) in [4.78, 5) is 13.5. The van der Waals surface area contributed by atoms with Crippen LogP contribution in [0.15, 0.2) is 12.1 Å². The molecule has 2 rings (SSSR count). The molecule has 0 bridgehead atoms. The molecule has 1 aromatic rings. The number of anilines is 2. The molecule has 0 aromatic heterocycles. The lowest BCUT2D eigenvalue weighted by Crippen LogP contribution is -2.28. The predicted molar refractivity (Wildman–Crippen MR) is 78.1 cm³/mol. The molecule has 3 N–H and O–H groups in total. The first-order valence-electron chi connectivity index (χ1n) is 6.60. The van der Waals surface area contributed by atoms with Crippen molar-refractivity contribution < 1.29 is 9.90 Å². The van der Waals surface area contributed by atoms with Crippen molar-refractivity contribution in [2.24, 2.45) is 5.92 Å². The third-order valence-electron chi connectivity index (χ3n) is 3.30. The van der Waals surface area contributed by atoms with Gasteiger partial charge < -0.3 is 15.7 Å². The number of nitrogens with zero attached hydrogens (tertiary/aromatic N) is 1. The first-order chi connectivity index (χ1) is 9.02. The SMILES string of the molecule is CCCN(CC1CC1)c1c(Cl)cc(N)cc1C(=O)O. The van der Waals surface area contributed by atoms with Crippen molar-refractivity contribution in [2.45, 2.75) is 26.2 Å². The highest BCUT2D eigenvalue weighted by molar-refractivity contribution is 6.34. The lowest BCUT2D eigenvalue weighted by atomic mass is 10.1. The first-order valence-corrected chi connectivity index (χ1v) is 6.98. The molecule has 0 spiro atoms. The van der Waals surface area contributed by atoms with Crippen molar-refractivity contribution in [2.75, 3.05) is 23.7 Å². The fraction of sp³-hybridized carbons (Fsp3) is 0.500. The van der Waals surface area contributed by atoms with Gasteiger partial charge >= 0.3 is 5.97 Å². The van der Waals surface area contributed by atoms with Crippen LogP contribution in [0.1, 0.15) is 36.5 Å². The van der Waals surface area contributed by atoms with Gasteiger partial charge in [0.05, 0.1) is 16.3 Å². The van der Waals surface area contributed by atoms with Crippen LogP contribution < -0.4 is 10.6 Å². The largest absolute Gasteiger partial charge is 0.478 e. The maximum Gasteiger partial charge on any atom is 0.337 e. The Hall–Kier alpha value is -1.42. The fourth-order valence-corrected chi connectivity index (χ4v) is 2.63. The van der Waals surface area contributed by atoms with Crippen molar-refractivity contribution in [3.8, 4) is 0 Å². The second-order valence-corrected chi connectivity index (χ2v) is 5.50. The van der Waals surface area contributed by atoms with E-state index in [1.807, 2.05) is 0 Å². The summed E-state index contributed by atoms with van der Waals surface area (Å²) in [5.74, 6) is -0.317. The van der Waals surface area contributed by atoms with Crippen molar-refractivity contribution in [1.29, 1.82) is 0 Å². The first kappa shape index (κ1) is 14.0. The van der Waals surface area contributed by atoms with Gasteiger partial charge in [-0.05, 0) is 37.3 Å². The number of carbonyl (C=O) groups is 1. The molecule has 0 radical (unpaired) electrons. The number of nitrogens with two attached hydrogens (primary N) is 1. The van der Waals surface area contributed by atoms with Gasteiger partial charge in [0.15, 0.2) is 0 Å². The van der Waals surface area contributed by atoms with E-state index in [-0.39, 0.29) is 5.56 Å². The van der Waals surface area contributed by atoms with Gasteiger partial charge in [0.2, 0.25) is 0 Å². The Bertz CT molecular complexity index is 487. The second kappa shape index (κ2) is 5.70. The van der Waals surface area contributed by atoms with E-state index in [1.165, 1.54) is 18.9 Å². The van der Waals surface area contributed by atoms with E-state index >= 15 is 0 Å². The zero-order valence-electron chi connectivity index (χ0n) is 11.0. The zero-order valence-corrected chi connectivity index (χ0v) is 11.8. The molecule has 19 heavy (non-hydrogen) atoms. The minimum Gasteiger partial charge on any atom is -0.478 e. The second-order valence-electron chi connectivity index (χ2n) is 5.09. The molecule has 0 heterocycles. The van der Waals surface area contributed by atoms with Crippen LogP contribution in [0.3, 0.4) is 0 Å². The molecular weight excluding hydrogens is 264 g/mol.